The molecule has 100 valence electrons. The lowest BCUT2D eigenvalue weighted by molar-refractivity contribution is -0.119. The van der Waals surface area contributed by atoms with Gasteiger partial charge in [-0.05, 0) is 32.0 Å². The van der Waals surface area contributed by atoms with Crippen molar-refractivity contribution in [2.24, 2.45) is 0 Å². The molecule has 0 heterocycles. The molecule has 1 unspecified atom stereocenters. The van der Waals surface area contributed by atoms with Crippen LogP contribution in [-0.4, -0.2) is 31.2 Å². The second kappa shape index (κ2) is 6.75. The first-order chi connectivity index (χ1) is 8.49. The van der Waals surface area contributed by atoms with E-state index in [2.05, 4.69) is 21.2 Å². The normalized spacial score (nSPS) is 12.1. The lowest BCUT2D eigenvalue weighted by Crippen LogP contribution is -2.36. The third kappa shape index (κ3) is 3.71. The Morgan fingerprint density at radius 2 is 2.22 bits per heavy atom. The molecule has 0 saturated heterocycles. The van der Waals surface area contributed by atoms with Crippen LogP contribution in [0.15, 0.2) is 22.7 Å². The fourth-order valence-corrected chi connectivity index (χ4v) is 2.15. The first-order valence-electron chi connectivity index (χ1n) is 5.92. The lowest BCUT2D eigenvalue weighted by atomic mass is 10.1. The van der Waals surface area contributed by atoms with E-state index >= 15 is 0 Å². The van der Waals surface area contributed by atoms with Crippen molar-refractivity contribution in [3.05, 3.63) is 28.2 Å². The highest BCUT2D eigenvalue weighted by Gasteiger charge is 2.15. The predicted molar refractivity (Wildman–Crippen MR) is 76.7 cm³/mol. The minimum atomic E-state index is -0.573. The Balaban J connectivity index is 3.08. The summed E-state index contributed by atoms with van der Waals surface area (Å²) in [5, 5.41) is 12.4. The summed E-state index contributed by atoms with van der Waals surface area (Å²) < 4.78 is 0.915. The van der Waals surface area contributed by atoms with Crippen LogP contribution in [0.5, 0.6) is 0 Å². The molecule has 0 saturated carbocycles. The van der Waals surface area contributed by atoms with Gasteiger partial charge in [0.15, 0.2) is 0 Å². The number of likely N-dealkylation sites (N-methyl/N-ethyl adjacent to an activating group) is 2. The van der Waals surface area contributed by atoms with E-state index in [9.17, 15) is 9.90 Å². The van der Waals surface area contributed by atoms with E-state index in [0.717, 1.165) is 15.7 Å². The maximum atomic E-state index is 11.5. The van der Waals surface area contributed by atoms with Crippen molar-refractivity contribution in [3.63, 3.8) is 0 Å². The number of hydrogen-bond donors (Lipinski definition) is 2. The minimum absolute atomic E-state index is 0.0451. The lowest BCUT2D eigenvalue weighted by Gasteiger charge is -2.26. The molecule has 0 aliphatic carbocycles. The number of hydrogen-bond acceptors (Lipinski definition) is 3. The largest absolute Gasteiger partial charge is 0.389 e. The van der Waals surface area contributed by atoms with Crippen molar-refractivity contribution >= 4 is 27.5 Å². The molecule has 1 aromatic carbocycles. The van der Waals surface area contributed by atoms with Crippen molar-refractivity contribution in [2.45, 2.75) is 20.0 Å². The van der Waals surface area contributed by atoms with Crippen LogP contribution >= 0.6 is 15.9 Å². The average molecular weight is 315 g/mol. The zero-order valence-electron chi connectivity index (χ0n) is 10.9. The summed E-state index contributed by atoms with van der Waals surface area (Å²) in [6.45, 7) is 4.69. The number of carbonyl (C=O) groups excluding carboxylic acids is 1. The molecule has 0 fully saturated rings. The van der Waals surface area contributed by atoms with Crippen molar-refractivity contribution in [1.82, 2.24) is 5.32 Å². The fourth-order valence-electron chi connectivity index (χ4n) is 1.77. The highest BCUT2D eigenvalue weighted by molar-refractivity contribution is 9.10. The van der Waals surface area contributed by atoms with Gasteiger partial charge in [-0.25, -0.2) is 0 Å². The number of nitrogens with zero attached hydrogens (tertiary/aromatic N) is 1. The number of anilines is 1. The quantitative estimate of drug-likeness (QED) is 0.875. The zero-order valence-corrected chi connectivity index (χ0v) is 12.5. The third-order valence-corrected chi connectivity index (χ3v) is 3.27. The predicted octanol–water partition coefficient (Wildman–Crippen LogP) is 2.07. The molecular formula is C13H19BrN2O2. The first-order valence-corrected chi connectivity index (χ1v) is 6.72. The highest BCUT2D eigenvalue weighted by atomic mass is 79.9. The van der Waals surface area contributed by atoms with Crippen LogP contribution in [0.2, 0.25) is 0 Å². The second-order valence-corrected chi connectivity index (χ2v) is 4.98. The van der Waals surface area contributed by atoms with Crippen molar-refractivity contribution in [3.8, 4) is 0 Å². The van der Waals surface area contributed by atoms with E-state index in [-0.39, 0.29) is 12.5 Å². The Hall–Kier alpha value is -1.07. The molecule has 0 spiro atoms. The molecule has 1 rings (SSSR count). The van der Waals surface area contributed by atoms with E-state index < -0.39 is 6.10 Å². The van der Waals surface area contributed by atoms with E-state index in [0.29, 0.717) is 6.54 Å². The Bertz CT molecular complexity index is 421. The standard InChI is InChI=1S/C13H19BrN2O2/c1-4-16(8-13(18)15-3)12-6-5-10(14)7-11(12)9(2)17/h5-7,9,17H,4,8H2,1-3H3,(H,15,18). The van der Waals surface area contributed by atoms with Crippen LogP contribution in [0, 0.1) is 0 Å². The van der Waals surface area contributed by atoms with Crippen LogP contribution < -0.4 is 10.2 Å². The molecule has 0 radical (unpaired) electrons. The van der Waals surface area contributed by atoms with Crippen LogP contribution in [0.3, 0.4) is 0 Å². The molecule has 0 bridgehead atoms. The summed E-state index contributed by atoms with van der Waals surface area (Å²) in [4.78, 5) is 13.4. The smallest absolute Gasteiger partial charge is 0.239 e. The summed E-state index contributed by atoms with van der Waals surface area (Å²) in [7, 11) is 1.62. The third-order valence-electron chi connectivity index (χ3n) is 2.78. The van der Waals surface area contributed by atoms with Crippen molar-refractivity contribution < 1.29 is 9.90 Å². The molecule has 1 amide bonds. The van der Waals surface area contributed by atoms with Crippen LogP contribution in [-0.2, 0) is 4.79 Å². The first kappa shape index (κ1) is 15.0. The molecule has 1 atom stereocenters. The van der Waals surface area contributed by atoms with E-state index in [1.54, 1.807) is 14.0 Å². The Kier molecular flexibility index (Phi) is 5.62. The van der Waals surface area contributed by atoms with Crippen molar-refractivity contribution in [2.75, 3.05) is 25.0 Å². The summed E-state index contributed by atoms with van der Waals surface area (Å²) in [6.07, 6.45) is -0.573. The monoisotopic (exact) mass is 314 g/mol. The van der Waals surface area contributed by atoms with Gasteiger partial charge in [-0.1, -0.05) is 15.9 Å². The summed E-state index contributed by atoms with van der Waals surface area (Å²) in [6, 6.07) is 5.71. The molecule has 5 heteroatoms. The average Bonchev–Trinajstić information content (AvgIpc) is 2.35. The molecule has 18 heavy (non-hydrogen) atoms. The molecule has 0 aromatic heterocycles. The number of amides is 1. The molecule has 4 nitrogen and oxygen atoms in total. The Morgan fingerprint density at radius 1 is 1.56 bits per heavy atom. The van der Waals surface area contributed by atoms with Gasteiger partial charge in [0.05, 0.1) is 12.6 Å². The highest BCUT2D eigenvalue weighted by Crippen LogP contribution is 2.29. The van der Waals surface area contributed by atoms with Gasteiger partial charge in [0.1, 0.15) is 0 Å². The van der Waals surface area contributed by atoms with Gasteiger partial charge in [0, 0.05) is 29.3 Å². The van der Waals surface area contributed by atoms with E-state index in [4.69, 9.17) is 0 Å². The number of carbonyl (C=O) groups is 1. The molecule has 0 aliphatic rings. The van der Waals surface area contributed by atoms with Crippen molar-refractivity contribution in [1.29, 1.82) is 0 Å². The second-order valence-electron chi connectivity index (χ2n) is 4.07. The number of aliphatic hydroxyl groups is 1. The van der Waals surface area contributed by atoms with Gasteiger partial charge < -0.3 is 15.3 Å². The molecule has 2 N–H and O–H groups in total. The van der Waals surface area contributed by atoms with Gasteiger partial charge in [0.25, 0.3) is 0 Å². The number of rotatable bonds is 5. The number of benzene rings is 1. The topological polar surface area (TPSA) is 52.6 Å². The number of aliphatic hydroxyl groups excluding tert-OH is 1. The molecule has 1 aromatic rings. The summed E-state index contributed by atoms with van der Waals surface area (Å²) in [5.74, 6) is -0.0451. The van der Waals surface area contributed by atoms with Crippen LogP contribution in [0.1, 0.15) is 25.5 Å². The summed E-state index contributed by atoms with van der Waals surface area (Å²) >= 11 is 3.39. The van der Waals surface area contributed by atoms with E-state index in [1.165, 1.54) is 0 Å². The summed E-state index contributed by atoms with van der Waals surface area (Å²) in [5.41, 5.74) is 1.70. The maximum Gasteiger partial charge on any atom is 0.239 e. The number of halogens is 1. The van der Waals surface area contributed by atoms with Crippen LogP contribution in [0.25, 0.3) is 0 Å². The van der Waals surface area contributed by atoms with Gasteiger partial charge in [-0.3, -0.25) is 4.79 Å². The number of nitrogens with one attached hydrogen (secondary N) is 1. The van der Waals surface area contributed by atoms with E-state index in [1.807, 2.05) is 30.0 Å². The van der Waals surface area contributed by atoms with Gasteiger partial charge in [-0.15, -0.1) is 0 Å². The van der Waals surface area contributed by atoms with Gasteiger partial charge in [-0.2, -0.15) is 0 Å². The van der Waals surface area contributed by atoms with Gasteiger partial charge in [0.2, 0.25) is 5.91 Å². The fraction of sp³-hybridized carbons (Fsp3) is 0.462. The van der Waals surface area contributed by atoms with Gasteiger partial charge >= 0.3 is 0 Å². The zero-order chi connectivity index (χ0) is 13.7. The minimum Gasteiger partial charge on any atom is -0.389 e. The maximum absolute atomic E-state index is 11.5. The SMILES string of the molecule is CCN(CC(=O)NC)c1ccc(Br)cc1C(C)O. The van der Waals surface area contributed by atoms with Crippen LogP contribution in [0.4, 0.5) is 5.69 Å². The molecule has 0 aliphatic heterocycles. The molecular weight excluding hydrogens is 296 g/mol. The Morgan fingerprint density at radius 3 is 2.72 bits per heavy atom. The Labute approximate surface area is 116 Å².